The maximum absolute atomic E-state index is 12.6. The Morgan fingerprint density at radius 3 is 2.32 bits per heavy atom. The van der Waals surface area contributed by atoms with E-state index in [0.717, 1.165) is 0 Å². The summed E-state index contributed by atoms with van der Waals surface area (Å²) in [4.78, 5) is 26.0. The average Bonchev–Trinajstić information content (AvgIpc) is 2.55. The van der Waals surface area contributed by atoms with Gasteiger partial charge >= 0.3 is 5.97 Å². The molecule has 2 aromatic rings. The molecule has 0 amide bonds. The largest absolute Gasteiger partial charge is 0.465 e. The number of hydrogen-bond donors (Lipinski definition) is 0. The van der Waals surface area contributed by atoms with Crippen molar-refractivity contribution in [1.82, 2.24) is 0 Å². The molecule has 2 aromatic carbocycles. The molecule has 0 aliphatic carbocycles. The minimum absolute atomic E-state index is 0.0630. The van der Waals surface area contributed by atoms with Gasteiger partial charge in [-0.15, -0.1) is 0 Å². The van der Waals surface area contributed by atoms with Gasteiger partial charge in [0.05, 0.1) is 6.61 Å². The fourth-order valence-corrected chi connectivity index (χ4v) is 2.23. The Hall–Kier alpha value is -2.62. The second-order valence-electron chi connectivity index (χ2n) is 4.87. The van der Waals surface area contributed by atoms with E-state index >= 15 is 0 Å². The topological polar surface area (TPSA) is 46.6 Å². The van der Waals surface area contributed by atoms with Gasteiger partial charge in [-0.2, -0.15) is 0 Å². The lowest BCUT2D eigenvalue weighted by Gasteiger charge is -2.21. The van der Waals surface area contributed by atoms with Gasteiger partial charge in [-0.25, -0.2) is 0 Å². The van der Waals surface area contributed by atoms with Gasteiger partial charge in [-0.3, -0.25) is 9.59 Å². The smallest absolute Gasteiger partial charge is 0.325 e. The van der Waals surface area contributed by atoms with E-state index in [4.69, 9.17) is 4.74 Å². The molecule has 0 heterocycles. The molecule has 114 valence electrons. The zero-order valence-corrected chi connectivity index (χ0v) is 12.8. The highest BCUT2D eigenvalue weighted by Gasteiger charge is 2.17. The minimum Gasteiger partial charge on any atom is -0.465 e. The van der Waals surface area contributed by atoms with Gasteiger partial charge in [-0.1, -0.05) is 42.5 Å². The standard InChI is InChI=1S/C18H19NO3/c1-3-22-17(20)13-19(2)16-12-8-7-11-15(16)18(21)14-9-5-4-6-10-14/h4-12H,3,13H2,1-2H3. The first-order valence-electron chi connectivity index (χ1n) is 7.19. The summed E-state index contributed by atoms with van der Waals surface area (Å²) >= 11 is 0. The highest BCUT2D eigenvalue weighted by molar-refractivity contribution is 6.12. The molecule has 0 N–H and O–H groups in total. The summed E-state index contributed by atoms with van der Waals surface area (Å²) in [7, 11) is 1.77. The van der Waals surface area contributed by atoms with Crippen LogP contribution in [-0.2, 0) is 9.53 Å². The normalized spacial score (nSPS) is 10.1. The molecule has 0 unspecified atom stereocenters. The summed E-state index contributed by atoms with van der Waals surface area (Å²) in [5.41, 5.74) is 1.91. The van der Waals surface area contributed by atoms with Crippen molar-refractivity contribution in [3.8, 4) is 0 Å². The van der Waals surface area contributed by atoms with Crippen LogP contribution in [0.15, 0.2) is 54.6 Å². The van der Waals surface area contributed by atoms with Crippen molar-refractivity contribution in [3.05, 3.63) is 65.7 Å². The maximum atomic E-state index is 12.6. The third kappa shape index (κ3) is 3.73. The molecular weight excluding hydrogens is 278 g/mol. The summed E-state index contributed by atoms with van der Waals surface area (Å²) < 4.78 is 4.95. The summed E-state index contributed by atoms with van der Waals surface area (Å²) in [6, 6.07) is 16.4. The fourth-order valence-electron chi connectivity index (χ4n) is 2.23. The highest BCUT2D eigenvalue weighted by Crippen LogP contribution is 2.22. The van der Waals surface area contributed by atoms with Gasteiger partial charge in [0.15, 0.2) is 5.78 Å². The van der Waals surface area contributed by atoms with Crippen LogP contribution in [0.25, 0.3) is 0 Å². The van der Waals surface area contributed by atoms with Crippen LogP contribution in [0.4, 0.5) is 5.69 Å². The first kappa shape index (κ1) is 15.8. The van der Waals surface area contributed by atoms with E-state index in [0.29, 0.717) is 23.4 Å². The number of benzene rings is 2. The van der Waals surface area contributed by atoms with Crippen LogP contribution < -0.4 is 4.90 Å². The summed E-state index contributed by atoms with van der Waals surface area (Å²) in [5.74, 6) is -0.376. The number of ketones is 1. The lowest BCUT2D eigenvalue weighted by atomic mass is 10.0. The Labute approximate surface area is 130 Å². The van der Waals surface area contributed by atoms with E-state index in [9.17, 15) is 9.59 Å². The van der Waals surface area contributed by atoms with Gasteiger partial charge in [0.1, 0.15) is 6.54 Å². The molecule has 0 radical (unpaired) electrons. The zero-order valence-electron chi connectivity index (χ0n) is 12.8. The van der Waals surface area contributed by atoms with Crippen molar-refractivity contribution >= 4 is 17.4 Å². The molecule has 0 fully saturated rings. The number of rotatable bonds is 6. The van der Waals surface area contributed by atoms with Crippen molar-refractivity contribution in [3.63, 3.8) is 0 Å². The van der Waals surface area contributed by atoms with Gasteiger partial charge in [0.25, 0.3) is 0 Å². The average molecular weight is 297 g/mol. The number of ether oxygens (including phenoxy) is 1. The van der Waals surface area contributed by atoms with Crippen molar-refractivity contribution in [2.45, 2.75) is 6.92 Å². The Bertz CT molecular complexity index is 652. The Kier molecular flexibility index (Phi) is 5.31. The number of likely N-dealkylation sites (N-methyl/N-ethyl adjacent to an activating group) is 1. The predicted molar refractivity (Wildman–Crippen MR) is 86.2 cm³/mol. The third-order valence-electron chi connectivity index (χ3n) is 3.27. The van der Waals surface area contributed by atoms with Gasteiger partial charge in [-0.05, 0) is 19.1 Å². The van der Waals surface area contributed by atoms with Gasteiger partial charge in [0, 0.05) is 23.9 Å². The van der Waals surface area contributed by atoms with Gasteiger partial charge in [0.2, 0.25) is 0 Å². The lowest BCUT2D eigenvalue weighted by Crippen LogP contribution is -2.28. The van der Waals surface area contributed by atoms with Gasteiger partial charge < -0.3 is 9.64 Å². The molecule has 0 bridgehead atoms. The number of nitrogens with zero attached hydrogens (tertiary/aromatic N) is 1. The molecule has 0 saturated heterocycles. The molecule has 4 heteroatoms. The molecule has 22 heavy (non-hydrogen) atoms. The number of para-hydroxylation sites is 1. The third-order valence-corrected chi connectivity index (χ3v) is 3.27. The molecule has 2 rings (SSSR count). The quantitative estimate of drug-likeness (QED) is 0.607. The monoisotopic (exact) mass is 297 g/mol. The molecule has 4 nitrogen and oxygen atoms in total. The molecule has 0 spiro atoms. The van der Waals surface area contributed by atoms with Crippen LogP contribution in [0.2, 0.25) is 0 Å². The van der Waals surface area contributed by atoms with Crippen molar-refractivity contribution < 1.29 is 14.3 Å². The first-order chi connectivity index (χ1) is 10.6. The summed E-state index contributed by atoms with van der Waals surface area (Å²) in [6.07, 6.45) is 0. The van der Waals surface area contributed by atoms with E-state index in [1.807, 2.05) is 36.4 Å². The molecule has 0 saturated carbocycles. The van der Waals surface area contributed by atoms with E-state index < -0.39 is 0 Å². The number of hydrogen-bond acceptors (Lipinski definition) is 4. The van der Waals surface area contributed by atoms with E-state index in [2.05, 4.69) is 0 Å². The van der Waals surface area contributed by atoms with Crippen LogP contribution in [0.1, 0.15) is 22.8 Å². The molecule has 0 aliphatic heterocycles. The molecular formula is C18H19NO3. The maximum Gasteiger partial charge on any atom is 0.325 e. The van der Waals surface area contributed by atoms with E-state index in [-0.39, 0.29) is 18.3 Å². The Morgan fingerprint density at radius 1 is 1.00 bits per heavy atom. The molecule has 0 aromatic heterocycles. The van der Waals surface area contributed by atoms with E-state index in [1.54, 1.807) is 37.1 Å². The minimum atomic E-state index is -0.313. The lowest BCUT2D eigenvalue weighted by molar-refractivity contribution is -0.141. The zero-order chi connectivity index (χ0) is 15.9. The molecule has 0 atom stereocenters. The summed E-state index contributed by atoms with van der Waals surface area (Å²) in [5, 5.41) is 0. The Morgan fingerprint density at radius 2 is 1.64 bits per heavy atom. The van der Waals surface area contributed by atoms with Crippen LogP contribution in [0.3, 0.4) is 0 Å². The fraction of sp³-hybridized carbons (Fsp3) is 0.222. The van der Waals surface area contributed by atoms with Crippen molar-refractivity contribution in [2.24, 2.45) is 0 Å². The number of carbonyl (C=O) groups is 2. The van der Waals surface area contributed by atoms with Crippen LogP contribution >= 0.6 is 0 Å². The van der Waals surface area contributed by atoms with Crippen LogP contribution in [0, 0.1) is 0 Å². The van der Waals surface area contributed by atoms with Crippen LogP contribution in [-0.4, -0.2) is 32.0 Å². The van der Waals surface area contributed by atoms with Crippen molar-refractivity contribution in [1.29, 1.82) is 0 Å². The second kappa shape index (κ2) is 7.41. The second-order valence-corrected chi connectivity index (χ2v) is 4.87. The van der Waals surface area contributed by atoms with Crippen LogP contribution in [0.5, 0.6) is 0 Å². The summed E-state index contributed by atoms with van der Waals surface area (Å²) in [6.45, 7) is 2.22. The number of esters is 1. The predicted octanol–water partition coefficient (Wildman–Crippen LogP) is 2.92. The number of anilines is 1. The number of carbonyl (C=O) groups excluding carboxylic acids is 2. The first-order valence-corrected chi connectivity index (χ1v) is 7.19. The Balaban J connectivity index is 2.27. The SMILES string of the molecule is CCOC(=O)CN(C)c1ccccc1C(=O)c1ccccc1. The highest BCUT2D eigenvalue weighted by atomic mass is 16.5. The molecule has 0 aliphatic rings. The van der Waals surface area contributed by atoms with E-state index in [1.165, 1.54) is 0 Å². The van der Waals surface area contributed by atoms with Crippen molar-refractivity contribution in [2.75, 3.05) is 25.1 Å².